The lowest BCUT2D eigenvalue weighted by Crippen LogP contribution is -2.53. The van der Waals surface area contributed by atoms with Crippen LogP contribution in [0, 0.1) is 11.8 Å². The molecule has 19 heavy (non-hydrogen) atoms. The molecule has 6 heteroatoms. The molecule has 0 bridgehead atoms. The molecule has 0 aromatic carbocycles. The molecule has 2 atom stereocenters. The number of carbonyl (C=O) groups excluding carboxylic acids is 2. The van der Waals surface area contributed by atoms with E-state index in [0.29, 0.717) is 6.42 Å². The van der Waals surface area contributed by atoms with Crippen molar-refractivity contribution in [3.63, 3.8) is 0 Å². The van der Waals surface area contributed by atoms with Crippen LogP contribution >= 0.6 is 0 Å². The third-order valence-corrected chi connectivity index (χ3v) is 2.63. The first-order valence-electron chi connectivity index (χ1n) is 6.45. The van der Waals surface area contributed by atoms with Gasteiger partial charge in [-0.05, 0) is 18.3 Å². The topological polar surface area (TPSA) is 95.5 Å². The zero-order chi connectivity index (χ0) is 15.2. The summed E-state index contributed by atoms with van der Waals surface area (Å²) in [6.07, 6.45) is 0.353. The number of rotatable bonds is 7. The van der Waals surface area contributed by atoms with Gasteiger partial charge in [-0.1, -0.05) is 27.7 Å². The van der Waals surface area contributed by atoms with Gasteiger partial charge in [0, 0.05) is 6.92 Å². The van der Waals surface area contributed by atoms with Gasteiger partial charge >= 0.3 is 5.97 Å². The van der Waals surface area contributed by atoms with E-state index in [2.05, 4.69) is 10.6 Å². The quantitative estimate of drug-likeness (QED) is 0.637. The van der Waals surface area contributed by atoms with Crippen LogP contribution in [-0.4, -0.2) is 35.0 Å². The van der Waals surface area contributed by atoms with Gasteiger partial charge in [-0.3, -0.25) is 9.59 Å². The molecule has 6 nitrogen and oxygen atoms in total. The van der Waals surface area contributed by atoms with Crippen molar-refractivity contribution in [2.24, 2.45) is 11.8 Å². The van der Waals surface area contributed by atoms with Gasteiger partial charge in [0.2, 0.25) is 11.8 Å². The fourth-order valence-electron chi connectivity index (χ4n) is 1.71. The van der Waals surface area contributed by atoms with E-state index >= 15 is 0 Å². The highest BCUT2D eigenvalue weighted by Crippen LogP contribution is 2.07. The molecular weight excluding hydrogens is 248 g/mol. The Bertz CT molecular complexity index is 340. The summed E-state index contributed by atoms with van der Waals surface area (Å²) in [6.45, 7) is 8.67. The highest BCUT2D eigenvalue weighted by atomic mass is 16.4. The second-order valence-corrected chi connectivity index (χ2v) is 5.45. The molecule has 0 saturated carbocycles. The average Bonchev–Trinajstić information content (AvgIpc) is 2.23. The van der Waals surface area contributed by atoms with Crippen molar-refractivity contribution in [1.29, 1.82) is 0 Å². The van der Waals surface area contributed by atoms with E-state index in [1.54, 1.807) is 13.8 Å². The zero-order valence-corrected chi connectivity index (χ0v) is 12.2. The Morgan fingerprint density at radius 2 is 1.58 bits per heavy atom. The van der Waals surface area contributed by atoms with Crippen molar-refractivity contribution < 1.29 is 19.5 Å². The normalized spacial score (nSPS) is 14.1. The van der Waals surface area contributed by atoms with Crippen LogP contribution in [0.25, 0.3) is 0 Å². The number of nitrogens with one attached hydrogen (secondary N) is 2. The number of carbonyl (C=O) groups is 3. The van der Waals surface area contributed by atoms with Crippen LogP contribution < -0.4 is 10.6 Å². The summed E-state index contributed by atoms with van der Waals surface area (Å²) in [7, 11) is 0. The van der Waals surface area contributed by atoms with Crippen molar-refractivity contribution in [3.8, 4) is 0 Å². The van der Waals surface area contributed by atoms with E-state index in [9.17, 15) is 14.4 Å². The minimum absolute atomic E-state index is 0.114. The Balaban J connectivity index is 4.75. The Morgan fingerprint density at radius 3 is 1.89 bits per heavy atom. The largest absolute Gasteiger partial charge is 0.480 e. The molecule has 0 saturated heterocycles. The highest BCUT2D eigenvalue weighted by molar-refractivity contribution is 5.90. The van der Waals surface area contributed by atoms with E-state index in [1.165, 1.54) is 6.92 Å². The van der Waals surface area contributed by atoms with Crippen LogP contribution in [0.3, 0.4) is 0 Å². The second kappa shape index (κ2) is 7.76. The molecule has 0 aromatic heterocycles. The molecule has 0 aliphatic heterocycles. The molecule has 0 radical (unpaired) electrons. The van der Waals surface area contributed by atoms with Crippen molar-refractivity contribution in [1.82, 2.24) is 10.6 Å². The van der Waals surface area contributed by atoms with Crippen LogP contribution in [0.2, 0.25) is 0 Å². The first-order chi connectivity index (χ1) is 8.65. The highest BCUT2D eigenvalue weighted by Gasteiger charge is 2.28. The SMILES string of the molecule is CC(=O)N[C@@H](C(=O)N[C@@H](CC(C)C)C(=O)O)C(C)C. The predicted octanol–water partition coefficient (Wildman–Crippen LogP) is 0.763. The number of hydrogen-bond acceptors (Lipinski definition) is 3. The van der Waals surface area contributed by atoms with Gasteiger partial charge in [0.1, 0.15) is 12.1 Å². The number of carboxylic acid groups (broad SMARTS) is 1. The summed E-state index contributed by atoms with van der Waals surface area (Å²) in [4.78, 5) is 34.2. The van der Waals surface area contributed by atoms with E-state index in [4.69, 9.17) is 5.11 Å². The van der Waals surface area contributed by atoms with Gasteiger partial charge in [0.05, 0.1) is 0 Å². The fraction of sp³-hybridized carbons (Fsp3) is 0.769. The van der Waals surface area contributed by atoms with Gasteiger partial charge in [0.15, 0.2) is 0 Å². The Hall–Kier alpha value is -1.59. The minimum atomic E-state index is -1.06. The number of carboxylic acids is 1. The zero-order valence-electron chi connectivity index (χ0n) is 12.2. The van der Waals surface area contributed by atoms with Gasteiger partial charge in [-0.25, -0.2) is 4.79 Å². The van der Waals surface area contributed by atoms with Gasteiger partial charge < -0.3 is 15.7 Å². The summed E-state index contributed by atoms with van der Waals surface area (Å²) >= 11 is 0. The van der Waals surface area contributed by atoms with Crippen molar-refractivity contribution >= 4 is 17.8 Å². The van der Waals surface area contributed by atoms with Gasteiger partial charge in [-0.15, -0.1) is 0 Å². The predicted molar refractivity (Wildman–Crippen MR) is 71.5 cm³/mol. The monoisotopic (exact) mass is 272 g/mol. The van der Waals surface area contributed by atoms with E-state index in [0.717, 1.165) is 0 Å². The molecule has 0 spiro atoms. The lowest BCUT2D eigenvalue weighted by Gasteiger charge is -2.24. The number of amides is 2. The Morgan fingerprint density at radius 1 is 1.05 bits per heavy atom. The maximum atomic E-state index is 12.0. The summed E-state index contributed by atoms with van der Waals surface area (Å²) in [5, 5.41) is 14.1. The summed E-state index contributed by atoms with van der Waals surface area (Å²) in [5.74, 6) is -1.80. The Kier molecular flexibility index (Phi) is 7.11. The van der Waals surface area contributed by atoms with E-state index in [-0.39, 0.29) is 17.7 Å². The molecule has 3 N–H and O–H groups in total. The lowest BCUT2D eigenvalue weighted by molar-refractivity contribution is -0.142. The smallest absolute Gasteiger partial charge is 0.326 e. The van der Waals surface area contributed by atoms with Crippen molar-refractivity contribution in [2.75, 3.05) is 0 Å². The number of aliphatic carboxylic acids is 1. The molecule has 0 rings (SSSR count). The van der Waals surface area contributed by atoms with E-state index < -0.39 is 24.0 Å². The number of hydrogen-bond donors (Lipinski definition) is 3. The molecule has 0 aliphatic rings. The molecule has 0 aromatic rings. The van der Waals surface area contributed by atoms with Crippen LogP contribution in [0.4, 0.5) is 0 Å². The molecule has 0 heterocycles. The first kappa shape index (κ1) is 17.4. The molecule has 2 amide bonds. The first-order valence-corrected chi connectivity index (χ1v) is 6.45. The summed E-state index contributed by atoms with van der Waals surface area (Å²) in [5.41, 5.74) is 0. The van der Waals surface area contributed by atoms with Crippen LogP contribution in [0.15, 0.2) is 0 Å². The summed E-state index contributed by atoms with van der Waals surface area (Å²) < 4.78 is 0. The fourth-order valence-corrected chi connectivity index (χ4v) is 1.71. The van der Waals surface area contributed by atoms with Crippen LogP contribution in [0.5, 0.6) is 0 Å². The summed E-state index contributed by atoms with van der Waals surface area (Å²) in [6, 6.07) is -1.64. The third kappa shape index (κ3) is 6.79. The minimum Gasteiger partial charge on any atom is -0.480 e. The van der Waals surface area contributed by atoms with Gasteiger partial charge in [0.25, 0.3) is 0 Å². The molecule has 0 aliphatic carbocycles. The maximum Gasteiger partial charge on any atom is 0.326 e. The molecule has 0 fully saturated rings. The van der Waals surface area contributed by atoms with Crippen LogP contribution in [-0.2, 0) is 14.4 Å². The van der Waals surface area contributed by atoms with E-state index in [1.807, 2.05) is 13.8 Å². The lowest BCUT2D eigenvalue weighted by atomic mass is 10.0. The standard InChI is InChI=1S/C13H24N2O4/c1-7(2)6-10(13(18)19)15-12(17)11(8(3)4)14-9(5)16/h7-8,10-11H,6H2,1-5H3,(H,14,16)(H,15,17)(H,18,19)/t10-,11+/m0/s1. The Labute approximate surface area is 113 Å². The molecule has 110 valence electrons. The van der Waals surface area contributed by atoms with Crippen LogP contribution in [0.1, 0.15) is 41.0 Å². The van der Waals surface area contributed by atoms with Gasteiger partial charge in [-0.2, -0.15) is 0 Å². The third-order valence-electron chi connectivity index (χ3n) is 2.63. The van der Waals surface area contributed by atoms with Crippen molar-refractivity contribution in [2.45, 2.75) is 53.1 Å². The average molecular weight is 272 g/mol. The van der Waals surface area contributed by atoms with Crippen molar-refractivity contribution in [3.05, 3.63) is 0 Å². The maximum absolute atomic E-state index is 12.0. The molecular formula is C13H24N2O4. The molecule has 0 unspecified atom stereocenters. The second-order valence-electron chi connectivity index (χ2n) is 5.45.